The lowest BCUT2D eigenvalue weighted by atomic mass is 9.73. The zero-order valence-corrected chi connectivity index (χ0v) is 21.7. The molecule has 0 aromatic carbocycles. The second kappa shape index (κ2) is 10.3. The second-order valence-corrected chi connectivity index (χ2v) is 10.5. The topological polar surface area (TPSA) is 124 Å². The van der Waals surface area contributed by atoms with E-state index >= 15 is 4.39 Å². The van der Waals surface area contributed by atoms with Crippen molar-refractivity contribution in [1.82, 2.24) is 19.9 Å². The van der Waals surface area contributed by atoms with Crippen LogP contribution in [-0.2, 0) is 15.1 Å². The minimum absolute atomic E-state index is 0.0790. The maximum absolute atomic E-state index is 15.0. The summed E-state index contributed by atoms with van der Waals surface area (Å²) in [6.07, 6.45) is 4.67. The predicted octanol–water partition coefficient (Wildman–Crippen LogP) is 3.21. The van der Waals surface area contributed by atoms with E-state index in [-0.39, 0.29) is 46.2 Å². The van der Waals surface area contributed by atoms with Crippen LogP contribution in [0.3, 0.4) is 0 Å². The third-order valence-electron chi connectivity index (χ3n) is 6.15. The highest BCUT2D eigenvalue weighted by Gasteiger charge is 2.54. The summed E-state index contributed by atoms with van der Waals surface area (Å²) < 4.78 is 34.1. The van der Waals surface area contributed by atoms with Crippen LogP contribution in [0.5, 0.6) is 5.88 Å². The Morgan fingerprint density at radius 1 is 1.22 bits per heavy atom. The summed E-state index contributed by atoms with van der Waals surface area (Å²) >= 11 is 1.13. The number of rotatable bonds is 7. The Balaban J connectivity index is 1.97. The van der Waals surface area contributed by atoms with Gasteiger partial charge >= 0.3 is 0 Å². The van der Waals surface area contributed by atoms with Crippen molar-refractivity contribution in [2.45, 2.75) is 38.0 Å². The van der Waals surface area contributed by atoms with Crippen molar-refractivity contribution < 1.29 is 23.1 Å². The summed E-state index contributed by atoms with van der Waals surface area (Å²) in [5.74, 6) is -2.33. The monoisotopic (exact) mass is 518 g/mol. The first-order chi connectivity index (χ1) is 16.8. The quantitative estimate of drug-likeness (QED) is 0.554. The standard InChI is InChI=1S/C24H28F2N6O3S/c1-13(33)12-35-19-11-28-18(10-29-19)17(25)8-15-7-16(20(26)30-9-15)23(3)14(2)24(4,21(34)32(5)6)36-22(27)31-23/h7-11,14H,12H2,1-6H3,(H2,27,31)/b17-8-/t14-,23-,24-/m0/s1. The molecule has 36 heavy (non-hydrogen) atoms. The fourth-order valence-corrected chi connectivity index (χ4v) is 5.31. The van der Waals surface area contributed by atoms with Gasteiger partial charge in [-0.3, -0.25) is 14.6 Å². The summed E-state index contributed by atoms with van der Waals surface area (Å²) in [7, 11) is 3.28. The number of amides is 1. The molecule has 0 aliphatic carbocycles. The maximum atomic E-state index is 15.0. The molecule has 3 rings (SSSR count). The van der Waals surface area contributed by atoms with Crippen molar-refractivity contribution in [3.8, 4) is 5.88 Å². The van der Waals surface area contributed by atoms with E-state index in [4.69, 9.17) is 10.5 Å². The Morgan fingerprint density at radius 3 is 2.50 bits per heavy atom. The molecule has 9 nitrogen and oxygen atoms in total. The number of carbonyl (C=O) groups excluding carboxylic acids is 2. The van der Waals surface area contributed by atoms with Crippen molar-refractivity contribution in [2.24, 2.45) is 16.6 Å². The molecule has 3 heterocycles. The van der Waals surface area contributed by atoms with E-state index in [2.05, 4.69) is 19.9 Å². The van der Waals surface area contributed by atoms with Gasteiger partial charge in [-0.05, 0) is 38.5 Å². The average Bonchev–Trinajstić information content (AvgIpc) is 2.82. The minimum atomic E-state index is -1.25. The van der Waals surface area contributed by atoms with E-state index in [9.17, 15) is 14.0 Å². The Morgan fingerprint density at radius 2 is 1.92 bits per heavy atom. The van der Waals surface area contributed by atoms with Gasteiger partial charge in [0.2, 0.25) is 17.7 Å². The lowest BCUT2D eigenvalue weighted by Crippen LogP contribution is -2.56. The Bertz CT molecular complexity index is 1240. The molecule has 2 aromatic heterocycles. The van der Waals surface area contributed by atoms with Crippen LogP contribution in [0.15, 0.2) is 29.6 Å². The van der Waals surface area contributed by atoms with E-state index in [1.54, 1.807) is 34.9 Å². The molecule has 2 N–H and O–H groups in total. The van der Waals surface area contributed by atoms with Gasteiger partial charge in [-0.15, -0.1) is 0 Å². The molecule has 1 aliphatic heterocycles. The molecule has 3 atom stereocenters. The molecule has 0 fully saturated rings. The van der Waals surface area contributed by atoms with E-state index in [0.29, 0.717) is 0 Å². The third kappa shape index (κ3) is 5.38. The molecule has 2 aromatic rings. The smallest absolute Gasteiger partial charge is 0.238 e. The molecule has 0 unspecified atom stereocenters. The third-order valence-corrected chi connectivity index (χ3v) is 7.41. The minimum Gasteiger partial charge on any atom is -0.469 e. The van der Waals surface area contributed by atoms with Gasteiger partial charge in [-0.2, -0.15) is 4.39 Å². The number of nitrogens with two attached hydrogens (primary N) is 1. The molecule has 0 saturated carbocycles. The number of aromatic nitrogens is 3. The molecule has 0 radical (unpaired) electrons. The highest BCUT2D eigenvalue weighted by Crippen LogP contribution is 2.50. The second-order valence-electron chi connectivity index (χ2n) is 9.06. The van der Waals surface area contributed by atoms with E-state index < -0.39 is 28.0 Å². The zero-order valence-electron chi connectivity index (χ0n) is 20.9. The summed E-state index contributed by atoms with van der Waals surface area (Å²) in [5.41, 5.74) is 5.10. The van der Waals surface area contributed by atoms with Crippen LogP contribution >= 0.6 is 11.8 Å². The van der Waals surface area contributed by atoms with Crippen molar-refractivity contribution >= 4 is 40.5 Å². The number of aliphatic imine (C=N–C) groups is 1. The van der Waals surface area contributed by atoms with Gasteiger partial charge < -0.3 is 15.4 Å². The van der Waals surface area contributed by atoms with Gasteiger partial charge in [0, 0.05) is 31.8 Å². The number of amidine groups is 1. The van der Waals surface area contributed by atoms with Crippen LogP contribution in [0.4, 0.5) is 8.78 Å². The first-order valence-electron chi connectivity index (χ1n) is 11.0. The number of hydrogen-bond donors (Lipinski definition) is 1. The molecule has 0 bridgehead atoms. The van der Waals surface area contributed by atoms with Gasteiger partial charge in [-0.1, -0.05) is 18.7 Å². The van der Waals surface area contributed by atoms with Crippen LogP contribution in [0.2, 0.25) is 0 Å². The van der Waals surface area contributed by atoms with Gasteiger partial charge in [0.1, 0.15) is 17.0 Å². The number of thioether (sulfide) groups is 1. The van der Waals surface area contributed by atoms with Gasteiger partial charge in [0.15, 0.2) is 16.8 Å². The summed E-state index contributed by atoms with van der Waals surface area (Å²) in [6, 6.07) is 1.43. The van der Waals surface area contributed by atoms with Crippen molar-refractivity contribution in [3.63, 3.8) is 0 Å². The molecule has 12 heteroatoms. The van der Waals surface area contributed by atoms with Crippen molar-refractivity contribution in [3.05, 3.63) is 47.4 Å². The highest BCUT2D eigenvalue weighted by atomic mass is 32.2. The Labute approximate surface area is 212 Å². The van der Waals surface area contributed by atoms with Crippen LogP contribution in [0, 0.1) is 11.9 Å². The molecular formula is C24H28F2N6O3S. The number of ether oxygens (including phenoxy) is 1. The van der Waals surface area contributed by atoms with Gasteiger partial charge in [0.25, 0.3) is 0 Å². The van der Waals surface area contributed by atoms with Crippen molar-refractivity contribution in [1.29, 1.82) is 0 Å². The predicted molar refractivity (Wildman–Crippen MR) is 134 cm³/mol. The summed E-state index contributed by atoms with van der Waals surface area (Å²) in [6.45, 7) is 6.43. The number of ketones is 1. The number of carbonyl (C=O) groups is 2. The maximum Gasteiger partial charge on any atom is 0.238 e. The number of Topliss-reactive ketones (excluding diaryl/α,β-unsaturated/α-hetero) is 1. The van der Waals surface area contributed by atoms with Gasteiger partial charge in [0.05, 0.1) is 17.9 Å². The molecule has 1 aliphatic rings. The molecular weight excluding hydrogens is 490 g/mol. The fraction of sp³-hybridized carbons (Fsp3) is 0.417. The van der Waals surface area contributed by atoms with Crippen molar-refractivity contribution in [2.75, 3.05) is 20.7 Å². The molecule has 0 saturated heterocycles. The average molecular weight is 519 g/mol. The number of halogens is 2. The fourth-order valence-electron chi connectivity index (χ4n) is 3.96. The molecule has 0 spiro atoms. The van der Waals surface area contributed by atoms with Gasteiger partial charge in [-0.25, -0.2) is 19.3 Å². The molecule has 1 amide bonds. The number of nitrogens with zero attached hydrogens (tertiary/aromatic N) is 5. The van der Waals surface area contributed by atoms with Crippen LogP contribution in [0.25, 0.3) is 11.9 Å². The Hall–Kier alpha value is -3.41. The van der Waals surface area contributed by atoms with Crippen LogP contribution in [-0.4, -0.2) is 62.2 Å². The lowest BCUT2D eigenvalue weighted by molar-refractivity contribution is -0.132. The van der Waals surface area contributed by atoms with E-state index in [1.165, 1.54) is 30.3 Å². The van der Waals surface area contributed by atoms with Crippen LogP contribution < -0.4 is 10.5 Å². The van der Waals surface area contributed by atoms with Crippen LogP contribution in [0.1, 0.15) is 44.5 Å². The molecule has 192 valence electrons. The summed E-state index contributed by atoms with van der Waals surface area (Å²) in [4.78, 5) is 41.7. The number of pyridine rings is 1. The van der Waals surface area contributed by atoms with E-state index in [0.717, 1.165) is 24.0 Å². The Kier molecular flexibility index (Phi) is 7.77. The zero-order chi connectivity index (χ0) is 26.8. The highest BCUT2D eigenvalue weighted by molar-refractivity contribution is 8.15. The largest absolute Gasteiger partial charge is 0.469 e. The number of hydrogen-bond acceptors (Lipinski definition) is 9. The normalized spacial score (nSPS) is 24.2. The summed E-state index contributed by atoms with van der Waals surface area (Å²) in [5, 5.41) is 0.141. The first kappa shape index (κ1) is 27.2. The lowest BCUT2D eigenvalue weighted by Gasteiger charge is -2.47. The first-order valence-corrected chi connectivity index (χ1v) is 11.8. The van der Waals surface area contributed by atoms with E-state index in [1.807, 2.05) is 0 Å². The SMILES string of the molecule is CC(=O)COc1cnc(/C(F)=C/c2cnc(F)c([C@@]3(C)N=C(N)S[C@](C)(C(=O)N(C)C)[C@H]3C)c2)cn1.